The molecule has 1 aliphatic carbocycles. The van der Waals surface area contributed by atoms with E-state index >= 15 is 0 Å². The molecule has 6 heteroatoms. The van der Waals surface area contributed by atoms with E-state index in [2.05, 4.69) is 41.1 Å². The van der Waals surface area contributed by atoms with Gasteiger partial charge >= 0.3 is 0 Å². The maximum Gasteiger partial charge on any atom is 0.164 e. The molecule has 0 fully saturated rings. The van der Waals surface area contributed by atoms with Crippen LogP contribution in [0.2, 0.25) is 0 Å². The van der Waals surface area contributed by atoms with E-state index in [0.29, 0.717) is 12.5 Å². The smallest absolute Gasteiger partial charge is 0.164 e. The molecule has 0 amide bonds. The molecule has 160 valence electrons. The van der Waals surface area contributed by atoms with Crippen LogP contribution in [0.3, 0.4) is 0 Å². The monoisotopic (exact) mass is 433 g/mol. The summed E-state index contributed by atoms with van der Waals surface area (Å²) in [5.41, 5.74) is 7.74. The van der Waals surface area contributed by atoms with Crippen LogP contribution < -0.4 is 4.74 Å². The molecule has 1 atom stereocenters. The summed E-state index contributed by atoms with van der Waals surface area (Å²) in [6.45, 7) is 2.74. The third kappa shape index (κ3) is 3.54. The molecule has 4 aromatic rings. The van der Waals surface area contributed by atoms with Crippen LogP contribution in [0, 0.1) is 5.92 Å². The highest BCUT2D eigenvalue weighted by molar-refractivity contribution is 7.13. The fourth-order valence-corrected chi connectivity index (χ4v) is 5.38. The molecule has 0 bridgehead atoms. The lowest BCUT2D eigenvalue weighted by atomic mass is 9.84. The van der Waals surface area contributed by atoms with Crippen LogP contribution >= 0.6 is 11.3 Å². The van der Waals surface area contributed by atoms with Crippen molar-refractivity contribution >= 4 is 17.0 Å². The van der Waals surface area contributed by atoms with Gasteiger partial charge in [0.15, 0.2) is 5.65 Å². The topological polar surface area (TPSA) is 48.7 Å². The van der Waals surface area contributed by atoms with Crippen LogP contribution in [0.25, 0.3) is 27.3 Å². The second-order valence-electron chi connectivity index (χ2n) is 8.10. The minimum Gasteiger partial charge on any atom is -0.497 e. The van der Waals surface area contributed by atoms with E-state index < -0.39 is 0 Å². The molecule has 0 unspecified atom stereocenters. The van der Waals surface area contributed by atoms with Gasteiger partial charge in [0.2, 0.25) is 0 Å². The lowest BCUT2D eigenvalue weighted by Crippen LogP contribution is -2.19. The molecular formula is C25H27N3O2S. The average molecular weight is 434 g/mol. The Kier molecular flexibility index (Phi) is 5.50. The van der Waals surface area contributed by atoms with E-state index in [4.69, 9.17) is 19.6 Å². The van der Waals surface area contributed by atoms with Gasteiger partial charge in [-0.15, -0.1) is 11.3 Å². The van der Waals surface area contributed by atoms with Crippen molar-refractivity contribution in [3.63, 3.8) is 0 Å². The zero-order valence-corrected chi connectivity index (χ0v) is 19.0. The van der Waals surface area contributed by atoms with Gasteiger partial charge in [0.25, 0.3) is 0 Å². The largest absolute Gasteiger partial charge is 0.497 e. The van der Waals surface area contributed by atoms with E-state index in [1.54, 1.807) is 25.6 Å². The molecular weight excluding hydrogens is 406 g/mol. The normalized spacial score (nSPS) is 15.9. The number of nitrogens with zero attached hydrogens (tertiary/aromatic N) is 3. The van der Waals surface area contributed by atoms with Crippen molar-refractivity contribution in [3.05, 3.63) is 58.7 Å². The lowest BCUT2D eigenvalue weighted by molar-refractivity contribution is 0.181. The summed E-state index contributed by atoms with van der Waals surface area (Å²) in [6, 6.07) is 12.4. The van der Waals surface area contributed by atoms with Crippen molar-refractivity contribution in [2.75, 3.05) is 14.2 Å². The number of hydrogen-bond donors (Lipinski definition) is 0. The Labute approximate surface area is 186 Å². The van der Waals surface area contributed by atoms with Crippen LogP contribution in [0.4, 0.5) is 0 Å². The number of thiophene rings is 1. The van der Waals surface area contributed by atoms with Crippen LogP contribution in [-0.4, -0.2) is 28.8 Å². The van der Waals surface area contributed by atoms with Gasteiger partial charge in [0.05, 0.1) is 35.5 Å². The third-order valence-corrected chi connectivity index (χ3v) is 7.19. The Balaban J connectivity index is 1.79. The predicted octanol–water partition coefficient (Wildman–Crippen LogP) is 5.79. The number of fused-ring (bicyclic) bond motifs is 3. The Bertz CT molecular complexity index is 1200. The number of benzene rings is 1. The summed E-state index contributed by atoms with van der Waals surface area (Å²) in [6.07, 6.45) is 4.50. The van der Waals surface area contributed by atoms with Crippen LogP contribution in [0.5, 0.6) is 5.75 Å². The first-order chi connectivity index (χ1) is 15.2. The molecule has 3 aromatic heterocycles. The molecule has 31 heavy (non-hydrogen) atoms. The molecule has 5 nitrogen and oxygen atoms in total. The Morgan fingerprint density at radius 3 is 2.68 bits per heavy atom. The van der Waals surface area contributed by atoms with Crippen LogP contribution in [-0.2, 0) is 24.2 Å². The number of rotatable bonds is 6. The molecule has 0 radical (unpaired) electrons. The summed E-state index contributed by atoms with van der Waals surface area (Å²) >= 11 is 1.76. The maximum atomic E-state index is 5.52. The van der Waals surface area contributed by atoms with E-state index in [1.165, 1.54) is 29.0 Å². The van der Waals surface area contributed by atoms with Crippen molar-refractivity contribution in [2.24, 2.45) is 5.92 Å². The van der Waals surface area contributed by atoms with Crippen LogP contribution in [0.1, 0.15) is 36.7 Å². The number of aryl methyl sites for hydroxylation is 1. The SMILES string of the molecule is CC[C@@H]1CCc2c(c(-c3cccs3)nc3c(-c4ccc(OC)cc4)c(COC)nn23)C1. The number of hydrogen-bond acceptors (Lipinski definition) is 5. The van der Waals surface area contributed by atoms with Gasteiger partial charge in [-0.05, 0) is 54.3 Å². The second kappa shape index (κ2) is 8.44. The number of methoxy groups -OCH3 is 2. The molecule has 5 rings (SSSR count). The standard InChI is InChI=1S/C25H27N3O2S/c1-4-16-7-12-21-19(14-16)24(22-6-5-13-31-22)26-25-23(20(15-29-2)27-28(21)25)17-8-10-18(30-3)11-9-17/h5-6,8-11,13,16H,4,7,12,14-15H2,1-3H3/t16-/m1/s1. The van der Waals surface area contributed by atoms with E-state index in [1.807, 2.05) is 12.1 Å². The lowest BCUT2D eigenvalue weighted by Gasteiger charge is -2.25. The van der Waals surface area contributed by atoms with Gasteiger partial charge in [-0.25, -0.2) is 9.50 Å². The maximum absolute atomic E-state index is 5.52. The second-order valence-corrected chi connectivity index (χ2v) is 9.05. The van der Waals surface area contributed by atoms with Gasteiger partial charge in [-0.1, -0.05) is 31.5 Å². The molecule has 0 saturated carbocycles. The summed E-state index contributed by atoms with van der Waals surface area (Å²) < 4.78 is 13.0. The highest BCUT2D eigenvalue weighted by Gasteiger charge is 2.28. The van der Waals surface area contributed by atoms with E-state index in [-0.39, 0.29) is 0 Å². The van der Waals surface area contributed by atoms with Crippen molar-refractivity contribution in [1.29, 1.82) is 0 Å². The molecule has 3 heterocycles. The average Bonchev–Trinajstić information content (AvgIpc) is 3.46. The van der Waals surface area contributed by atoms with E-state index in [9.17, 15) is 0 Å². The van der Waals surface area contributed by atoms with Gasteiger partial charge < -0.3 is 9.47 Å². The Hall–Kier alpha value is -2.70. The minimum atomic E-state index is 0.450. The third-order valence-electron chi connectivity index (χ3n) is 6.31. The summed E-state index contributed by atoms with van der Waals surface area (Å²) in [4.78, 5) is 6.47. The first kappa shape index (κ1) is 20.2. The highest BCUT2D eigenvalue weighted by Crippen LogP contribution is 2.39. The van der Waals surface area contributed by atoms with Crippen molar-refractivity contribution in [3.8, 4) is 27.4 Å². The number of aromatic nitrogens is 3. The molecule has 0 aliphatic heterocycles. The Morgan fingerprint density at radius 2 is 2.00 bits per heavy atom. The van der Waals surface area contributed by atoms with Crippen LogP contribution in [0.15, 0.2) is 41.8 Å². The fraction of sp³-hybridized carbons (Fsp3) is 0.360. The molecule has 0 spiro atoms. The van der Waals surface area contributed by atoms with Crippen molar-refractivity contribution < 1.29 is 9.47 Å². The summed E-state index contributed by atoms with van der Waals surface area (Å²) in [5, 5.41) is 7.14. The molecule has 1 aliphatic rings. The Morgan fingerprint density at radius 1 is 1.16 bits per heavy atom. The zero-order chi connectivity index (χ0) is 21.4. The van der Waals surface area contributed by atoms with Crippen molar-refractivity contribution in [2.45, 2.75) is 39.2 Å². The molecule has 0 N–H and O–H groups in total. The van der Waals surface area contributed by atoms with E-state index in [0.717, 1.165) is 46.8 Å². The van der Waals surface area contributed by atoms with Crippen molar-refractivity contribution in [1.82, 2.24) is 14.6 Å². The summed E-state index contributed by atoms with van der Waals surface area (Å²) in [5.74, 6) is 1.55. The highest BCUT2D eigenvalue weighted by atomic mass is 32.1. The fourth-order valence-electron chi connectivity index (χ4n) is 4.64. The van der Waals surface area contributed by atoms with Gasteiger partial charge in [-0.2, -0.15) is 5.10 Å². The van der Waals surface area contributed by atoms with Gasteiger partial charge in [0.1, 0.15) is 5.75 Å². The summed E-state index contributed by atoms with van der Waals surface area (Å²) in [7, 11) is 3.40. The molecule has 0 saturated heterocycles. The first-order valence-corrected chi connectivity index (χ1v) is 11.7. The first-order valence-electron chi connectivity index (χ1n) is 10.8. The van der Waals surface area contributed by atoms with Gasteiger partial charge in [-0.3, -0.25) is 0 Å². The number of ether oxygens (including phenoxy) is 2. The predicted molar refractivity (Wildman–Crippen MR) is 125 cm³/mol. The van der Waals surface area contributed by atoms with Gasteiger partial charge in [0, 0.05) is 18.4 Å². The minimum absolute atomic E-state index is 0.450. The zero-order valence-electron chi connectivity index (χ0n) is 18.2. The molecule has 1 aromatic carbocycles. The quantitative estimate of drug-likeness (QED) is 0.386.